The van der Waals surface area contributed by atoms with Gasteiger partial charge in [-0.05, 0) is 59.7 Å². The first-order chi connectivity index (χ1) is 17.4. The molecule has 0 bridgehead atoms. The zero-order chi connectivity index (χ0) is 26.8. The fourth-order valence-corrected chi connectivity index (χ4v) is 3.96. The van der Waals surface area contributed by atoms with Gasteiger partial charge in [-0.15, -0.1) is 0 Å². The van der Waals surface area contributed by atoms with E-state index in [-0.39, 0.29) is 11.5 Å². The molecular weight excluding hydrogens is 498 g/mol. The van der Waals surface area contributed by atoms with Crippen molar-refractivity contribution in [3.63, 3.8) is 0 Å². The summed E-state index contributed by atoms with van der Waals surface area (Å²) in [5, 5.41) is 0. The molecule has 0 heterocycles. The number of hydrogen-bond acceptors (Lipinski definition) is 4. The Bertz CT molecular complexity index is 1270. The highest BCUT2D eigenvalue weighted by atomic mass is 19.4. The molecule has 0 radical (unpaired) electrons. The van der Waals surface area contributed by atoms with Crippen LogP contribution in [0, 0.1) is 0 Å². The zero-order valence-corrected chi connectivity index (χ0v) is 19.0. The standard InChI is InChI=1S/C27H20F6N2O2/c28-26(29,30)25(27(31,32)33,17-11-13-23(21(34)15-17)36-19-7-3-1-4-8-19)18-12-14-24(22(35)16-18)37-20-9-5-2-6-10-20/h1-16H,34-35H2. The molecule has 0 aliphatic rings. The molecule has 0 atom stereocenters. The molecule has 0 aliphatic carbocycles. The largest absolute Gasteiger partial charge is 0.455 e. The zero-order valence-electron chi connectivity index (χ0n) is 19.0. The van der Waals surface area contributed by atoms with Crippen molar-refractivity contribution in [2.75, 3.05) is 11.5 Å². The molecule has 0 fully saturated rings. The minimum Gasteiger partial charge on any atom is -0.455 e. The fraction of sp³-hybridized carbons (Fsp3) is 0.111. The van der Waals surface area contributed by atoms with Crippen LogP contribution in [0.1, 0.15) is 11.1 Å². The second kappa shape index (κ2) is 9.61. The lowest BCUT2D eigenvalue weighted by Gasteiger charge is -2.38. The molecule has 4 nitrogen and oxygen atoms in total. The topological polar surface area (TPSA) is 70.5 Å². The Morgan fingerprint density at radius 1 is 0.486 bits per heavy atom. The maximum absolute atomic E-state index is 14.5. The monoisotopic (exact) mass is 518 g/mol. The Morgan fingerprint density at radius 3 is 1.14 bits per heavy atom. The molecule has 4 rings (SSSR count). The van der Waals surface area contributed by atoms with Crippen molar-refractivity contribution in [3.05, 3.63) is 108 Å². The molecule has 4 aromatic carbocycles. The number of alkyl halides is 6. The highest BCUT2D eigenvalue weighted by molar-refractivity contribution is 5.62. The van der Waals surface area contributed by atoms with Crippen LogP contribution in [-0.2, 0) is 5.41 Å². The Labute approximate surface area is 208 Å². The van der Waals surface area contributed by atoms with E-state index in [1.165, 1.54) is 0 Å². The van der Waals surface area contributed by atoms with Gasteiger partial charge in [-0.1, -0.05) is 48.5 Å². The van der Waals surface area contributed by atoms with Crippen LogP contribution >= 0.6 is 0 Å². The maximum Gasteiger partial charge on any atom is 0.411 e. The average Bonchev–Trinajstić information content (AvgIpc) is 2.82. The minimum absolute atomic E-state index is 0.0979. The first-order valence-corrected chi connectivity index (χ1v) is 10.8. The van der Waals surface area contributed by atoms with Crippen LogP contribution in [0.25, 0.3) is 0 Å². The van der Waals surface area contributed by atoms with Gasteiger partial charge in [0.25, 0.3) is 0 Å². The summed E-state index contributed by atoms with van der Waals surface area (Å²) in [4.78, 5) is 0. The SMILES string of the molecule is Nc1cc(C(c2ccc(Oc3ccccc3)c(N)c2)(C(F)(F)F)C(F)(F)F)ccc1Oc1ccccc1. The average molecular weight is 518 g/mol. The normalized spacial score (nSPS) is 12.3. The number of halogens is 6. The van der Waals surface area contributed by atoms with E-state index in [2.05, 4.69) is 0 Å². The quantitative estimate of drug-likeness (QED) is 0.202. The predicted octanol–water partition coefficient (Wildman–Crippen LogP) is 7.85. The van der Waals surface area contributed by atoms with Crippen LogP contribution in [-0.4, -0.2) is 12.4 Å². The molecule has 4 N–H and O–H groups in total. The van der Waals surface area contributed by atoms with Crippen LogP contribution in [0.5, 0.6) is 23.0 Å². The third-order valence-corrected chi connectivity index (χ3v) is 5.68. The Hall–Kier alpha value is -4.34. The first kappa shape index (κ1) is 25.7. The molecule has 0 amide bonds. The van der Waals surface area contributed by atoms with Crippen LogP contribution < -0.4 is 20.9 Å². The van der Waals surface area contributed by atoms with Crippen LogP contribution in [0.3, 0.4) is 0 Å². The molecule has 10 heteroatoms. The van der Waals surface area contributed by atoms with Gasteiger partial charge in [0.15, 0.2) is 0 Å². The molecule has 0 unspecified atom stereocenters. The summed E-state index contributed by atoms with van der Waals surface area (Å²) >= 11 is 0. The lowest BCUT2D eigenvalue weighted by atomic mass is 9.72. The number of nitrogens with two attached hydrogens (primary N) is 2. The van der Waals surface area contributed by atoms with Crippen molar-refractivity contribution in [1.29, 1.82) is 0 Å². The summed E-state index contributed by atoms with van der Waals surface area (Å²) in [6.07, 6.45) is -11.6. The van der Waals surface area contributed by atoms with Crippen LogP contribution in [0.4, 0.5) is 37.7 Å². The lowest BCUT2D eigenvalue weighted by molar-refractivity contribution is -0.288. The van der Waals surface area contributed by atoms with E-state index in [1.54, 1.807) is 60.7 Å². The van der Waals surface area contributed by atoms with E-state index < -0.39 is 40.3 Å². The predicted molar refractivity (Wildman–Crippen MR) is 128 cm³/mol. The van der Waals surface area contributed by atoms with Crippen molar-refractivity contribution in [2.45, 2.75) is 17.8 Å². The molecule has 0 saturated heterocycles. The number of benzene rings is 4. The first-order valence-electron chi connectivity index (χ1n) is 10.8. The van der Waals surface area contributed by atoms with Gasteiger partial charge in [0.2, 0.25) is 5.41 Å². The third kappa shape index (κ3) is 4.87. The molecule has 0 aliphatic heterocycles. The van der Waals surface area contributed by atoms with Crippen molar-refractivity contribution in [3.8, 4) is 23.0 Å². The van der Waals surface area contributed by atoms with E-state index >= 15 is 0 Å². The Morgan fingerprint density at radius 2 is 0.838 bits per heavy atom. The molecule has 37 heavy (non-hydrogen) atoms. The lowest BCUT2D eigenvalue weighted by Crippen LogP contribution is -2.54. The van der Waals surface area contributed by atoms with Crippen molar-refractivity contribution in [1.82, 2.24) is 0 Å². The third-order valence-electron chi connectivity index (χ3n) is 5.68. The fourth-order valence-electron chi connectivity index (χ4n) is 3.96. The second-order valence-corrected chi connectivity index (χ2v) is 8.08. The summed E-state index contributed by atoms with van der Waals surface area (Å²) in [5.41, 5.74) is 4.21. The Balaban J connectivity index is 1.83. The van der Waals surface area contributed by atoms with Crippen LogP contribution in [0.2, 0.25) is 0 Å². The highest BCUT2D eigenvalue weighted by Crippen LogP contribution is 2.57. The van der Waals surface area contributed by atoms with Crippen molar-refractivity contribution < 1.29 is 35.8 Å². The van der Waals surface area contributed by atoms with E-state index in [0.29, 0.717) is 35.8 Å². The van der Waals surface area contributed by atoms with Gasteiger partial charge in [0.05, 0.1) is 11.4 Å². The van der Waals surface area contributed by atoms with Gasteiger partial charge >= 0.3 is 12.4 Å². The second-order valence-electron chi connectivity index (χ2n) is 8.08. The number of anilines is 2. The van der Waals surface area contributed by atoms with Crippen molar-refractivity contribution in [2.24, 2.45) is 0 Å². The van der Waals surface area contributed by atoms with E-state index in [9.17, 15) is 26.3 Å². The van der Waals surface area contributed by atoms with E-state index in [0.717, 1.165) is 12.1 Å². The molecule has 0 saturated carbocycles. The van der Waals surface area contributed by atoms with Gasteiger partial charge < -0.3 is 20.9 Å². The smallest absolute Gasteiger partial charge is 0.411 e. The number of ether oxygens (including phenoxy) is 2. The highest BCUT2D eigenvalue weighted by Gasteiger charge is 2.72. The van der Waals surface area contributed by atoms with E-state index in [1.807, 2.05) is 0 Å². The summed E-state index contributed by atoms with van der Waals surface area (Å²) < 4.78 is 98.3. The summed E-state index contributed by atoms with van der Waals surface area (Å²) in [6.45, 7) is 0. The number of hydrogen-bond donors (Lipinski definition) is 2. The van der Waals surface area contributed by atoms with Gasteiger partial charge in [-0.3, -0.25) is 0 Å². The maximum atomic E-state index is 14.5. The number of nitrogen functional groups attached to an aromatic ring is 2. The van der Waals surface area contributed by atoms with Crippen LogP contribution in [0.15, 0.2) is 97.1 Å². The molecular formula is C27H20F6N2O2. The van der Waals surface area contributed by atoms with Gasteiger partial charge in [0, 0.05) is 0 Å². The summed E-state index contributed by atoms with van der Waals surface area (Å²) in [7, 11) is 0. The van der Waals surface area contributed by atoms with Gasteiger partial charge in [0.1, 0.15) is 23.0 Å². The summed E-state index contributed by atoms with van der Waals surface area (Å²) in [6, 6.07) is 20.8. The Kier molecular flexibility index (Phi) is 6.68. The van der Waals surface area contributed by atoms with Gasteiger partial charge in [-0.2, -0.15) is 26.3 Å². The minimum atomic E-state index is -5.81. The van der Waals surface area contributed by atoms with E-state index in [4.69, 9.17) is 20.9 Å². The molecule has 0 spiro atoms. The van der Waals surface area contributed by atoms with Crippen molar-refractivity contribution >= 4 is 11.4 Å². The molecule has 4 aromatic rings. The van der Waals surface area contributed by atoms with Gasteiger partial charge in [-0.25, -0.2) is 0 Å². The molecule has 0 aromatic heterocycles. The summed E-state index contributed by atoms with van der Waals surface area (Å²) in [5.74, 6) is 0.418. The number of rotatable bonds is 6. The number of para-hydroxylation sites is 2. The molecule has 192 valence electrons.